The Morgan fingerprint density at radius 1 is 0.971 bits per heavy atom. The lowest BCUT2D eigenvalue weighted by molar-refractivity contribution is -0.231. The van der Waals surface area contributed by atoms with E-state index in [0.717, 1.165) is 5.56 Å². The lowest BCUT2D eigenvalue weighted by Gasteiger charge is -2.26. The van der Waals surface area contributed by atoms with E-state index in [9.17, 15) is 9.90 Å². The Bertz CT molecular complexity index is 1160. The van der Waals surface area contributed by atoms with Crippen molar-refractivity contribution in [2.75, 3.05) is 35.0 Å². The van der Waals surface area contributed by atoms with Gasteiger partial charge in [-0.05, 0) is 54.5 Å². The van der Waals surface area contributed by atoms with Gasteiger partial charge in [-0.1, -0.05) is 0 Å². The van der Waals surface area contributed by atoms with Crippen molar-refractivity contribution in [3.63, 3.8) is 0 Å². The molecule has 34 heavy (non-hydrogen) atoms. The number of ether oxygens (including phenoxy) is 5. The monoisotopic (exact) mass is 470 g/mol. The SMILES string of the molecule is COc1ccc(C2(O)OC(=O)C(C3=CCOO3)=C2Cc2cc(OC)c(OC)c(OC)c2)cc1C. The van der Waals surface area contributed by atoms with Crippen molar-refractivity contribution in [2.45, 2.75) is 19.1 Å². The molecule has 4 rings (SSSR count). The molecule has 1 N–H and O–H groups in total. The largest absolute Gasteiger partial charge is 0.496 e. The van der Waals surface area contributed by atoms with Crippen LogP contribution in [0.1, 0.15) is 16.7 Å². The van der Waals surface area contributed by atoms with Crippen LogP contribution in [0.5, 0.6) is 23.0 Å². The van der Waals surface area contributed by atoms with E-state index in [0.29, 0.717) is 34.1 Å². The molecule has 1 unspecified atom stereocenters. The smallest absolute Gasteiger partial charge is 0.345 e. The standard InChI is InChI=1S/C25H26O9/c1-14-10-16(6-7-18(14)28-2)25(27)17(22(24(26)33-25)19-8-9-32-34-19)11-15-12-20(29-3)23(31-5)21(13-15)30-4/h6-8,10,12-13,27H,9,11H2,1-5H3. The number of hydrogen-bond donors (Lipinski definition) is 1. The van der Waals surface area contributed by atoms with Gasteiger partial charge in [0.1, 0.15) is 17.9 Å². The van der Waals surface area contributed by atoms with Crippen LogP contribution in [-0.4, -0.2) is 46.1 Å². The van der Waals surface area contributed by atoms with Crippen LogP contribution in [0.4, 0.5) is 0 Å². The summed E-state index contributed by atoms with van der Waals surface area (Å²) in [6.07, 6.45) is 1.72. The van der Waals surface area contributed by atoms with Crippen LogP contribution in [0.2, 0.25) is 0 Å². The number of hydrogen-bond acceptors (Lipinski definition) is 9. The number of rotatable bonds is 8. The highest BCUT2D eigenvalue weighted by Gasteiger charge is 2.50. The summed E-state index contributed by atoms with van der Waals surface area (Å²) >= 11 is 0. The van der Waals surface area contributed by atoms with Gasteiger partial charge in [-0.3, -0.25) is 0 Å². The van der Waals surface area contributed by atoms with Gasteiger partial charge in [0.25, 0.3) is 5.79 Å². The fourth-order valence-corrected chi connectivity index (χ4v) is 4.15. The number of benzene rings is 2. The first-order valence-electron chi connectivity index (χ1n) is 10.5. The predicted octanol–water partition coefficient (Wildman–Crippen LogP) is 3.12. The van der Waals surface area contributed by atoms with Crippen molar-refractivity contribution < 1.29 is 43.4 Å². The van der Waals surface area contributed by atoms with Crippen molar-refractivity contribution in [2.24, 2.45) is 0 Å². The molecule has 0 amide bonds. The van der Waals surface area contributed by atoms with E-state index in [2.05, 4.69) is 0 Å². The molecular weight excluding hydrogens is 444 g/mol. The molecule has 0 aliphatic carbocycles. The van der Waals surface area contributed by atoms with Crippen molar-refractivity contribution >= 4 is 5.97 Å². The molecule has 2 aromatic rings. The third-order valence-electron chi connectivity index (χ3n) is 5.78. The highest BCUT2D eigenvalue weighted by Crippen LogP contribution is 2.46. The highest BCUT2D eigenvalue weighted by molar-refractivity contribution is 5.97. The maximum absolute atomic E-state index is 13.0. The van der Waals surface area contributed by atoms with Gasteiger partial charge in [0, 0.05) is 17.6 Å². The minimum atomic E-state index is -2.05. The van der Waals surface area contributed by atoms with E-state index >= 15 is 0 Å². The Hall–Kier alpha value is -3.69. The van der Waals surface area contributed by atoms with Crippen molar-refractivity contribution in [3.05, 3.63) is 70.0 Å². The summed E-state index contributed by atoms with van der Waals surface area (Å²) < 4.78 is 27.2. The molecular formula is C25H26O9. The Balaban J connectivity index is 1.87. The number of carbonyl (C=O) groups excluding carboxylic acids is 1. The average molecular weight is 470 g/mol. The molecule has 0 bridgehead atoms. The maximum atomic E-state index is 13.0. The van der Waals surface area contributed by atoms with Gasteiger partial charge in [0.15, 0.2) is 17.3 Å². The van der Waals surface area contributed by atoms with E-state index < -0.39 is 11.8 Å². The minimum absolute atomic E-state index is 0.0993. The predicted molar refractivity (Wildman–Crippen MR) is 120 cm³/mol. The topological polar surface area (TPSA) is 102 Å². The third-order valence-corrected chi connectivity index (χ3v) is 5.78. The second-order valence-corrected chi connectivity index (χ2v) is 7.72. The third kappa shape index (κ3) is 3.93. The molecule has 180 valence electrons. The van der Waals surface area contributed by atoms with Crippen LogP contribution in [0.3, 0.4) is 0 Å². The first kappa shape index (κ1) is 23.5. The van der Waals surface area contributed by atoms with Crippen LogP contribution in [0.15, 0.2) is 53.3 Å². The van der Waals surface area contributed by atoms with E-state index in [-0.39, 0.29) is 29.9 Å². The number of aliphatic hydroxyl groups is 1. The van der Waals surface area contributed by atoms with Crippen LogP contribution in [0.25, 0.3) is 0 Å². The number of esters is 1. The van der Waals surface area contributed by atoms with Crippen molar-refractivity contribution in [3.8, 4) is 23.0 Å². The Morgan fingerprint density at radius 2 is 1.65 bits per heavy atom. The first-order valence-corrected chi connectivity index (χ1v) is 10.5. The molecule has 0 aromatic heterocycles. The average Bonchev–Trinajstić information content (AvgIpc) is 3.44. The number of methoxy groups -OCH3 is 4. The molecule has 0 spiro atoms. The lowest BCUT2D eigenvalue weighted by Crippen LogP contribution is -2.30. The molecule has 2 aliphatic rings. The van der Waals surface area contributed by atoms with E-state index in [4.69, 9.17) is 33.5 Å². The summed E-state index contributed by atoms with van der Waals surface area (Å²) in [6, 6.07) is 8.56. The molecule has 2 aliphatic heterocycles. The zero-order valence-corrected chi connectivity index (χ0v) is 19.6. The second kappa shape index (κ2) is 9.28. The molecule has 9 nitrogen and oxygen atoms in total. The van der Waals surface area contributed by atoms with Gasteiger partial charge in [-0.25, -0.2) is 4.79 Å². The van der Waals surface area contributed by atoms with Crippen molar-refractivity contribution in [1.82, 2.24) is 0 Å². The highest BCUT2D eigenvalue weighted by atomic mass is 17.2. The van der Waals surface area contributed by atoms with E-state index in [1.165, 1.54) is 21.3 Å². The number of cyclic esters (lactones) is 1. The fraction of sp³-hybridized carbons (Fsp3) is 0.320. The summed E-state index contributed by atoms with van der Waals surface area (Å²) in [7, 11) is 6.10. The van der Waals surface area contributed by atoms with Gasteiger partial charge in [0.05, 0.1) is 28.4 Å². The molecule has 0 saturated heterocycles. The molecule has 0 saturated carbocycles. The minimum Gasteiger partial charge on any atom is -0.496 e. The Kier molecular flexibility index (Phi) is 6.41. The summed E-state index contributed by atoms with van der Waals surface area (Å²) in [6.45, 7) is 2.01. The van der Waals surface area contributed by atoms with Crippen LogP contribution < -0.4 is 18.9 Å². The molecule has 0 fully saturated rings. The van der Waals surface area contributed by atoms with Gasteiger partial charge in [-0.15, -0.1) is 0 Å². The molecule has 9 heteroatoms. The fourth-order valence-electron chi connectivity index (χ4n) is 4.15. The Morgan fingerprint density at radius 3 is 2.18 bits per heavy atom. The van der Waals surface area contributed by atoms with Crippen LogP contribution in [-0.2, 0) is 31.5 Å². The molecule has 2 heterocycles. The first-order chi connectivity index (χ1) is 16.4. The van der Waals surface area contributed by atoms with Gasteiger partial charge in [0.2, 0.25) is 5.75 Å². The van der Waals surface area contributed by atoms with Crippen LogP contribution in [0, 0.1) is 6.92 Å². The second-order valence-electron chi connectivity index (χ2n) is 7.72. The molecule has 2 aromatic carbocycles. The van der Waals surface area contributed by atoms with E-state index in [1.807, 2.05) is 6.92 Å². The lowest BCUT2D eigenvalue weighted by atomic mass is 9.88. The summed E-state index contributed by atoms with van der Waals surface area (Å²) in [5.41, 5.74) is 2.21. The zero-order chi connectivity index (χ0) is 24.5. The summed E-state index contributed by atoms with van der Waals surface area (Å²) in [5.74, 6) is -0.638. The normalized spacial score (nSPS) is 19.5. The molecule has 1 atom stereocenters. The number of carbonyl (C=O) groups is 1. The number of aryl methyl sites for hydroxylation is 1. The quantitative estimate of drug-likeness (QED) is 0.461. The Labute approximate surface area is 197 Å². The zero-order valence-electron chi connectivity index (χ0n) is 19.6. The van der Waals surface area contributed by atoms with Gasteiger partial charge >= 0.3 is 5.97 Å². The van der Waals surface area contributed by atoms with Crippen LogP contribution >= 0.6 is 0 Å². The molecule has 0 radical (unpaired) electrons. The summed E-state index contributed by atoms with van der Waals surface area (Å²) in [5, 5.41) is 11.8. The summed E-state index contributed by atoms with van der Waals surface area (Å²) in [4.78, 5) is 23.1. The van der Waals surface area contributed by atoms with E-state index in [1.54, 1.807) is 43.5 Å². The van der Waals surface area contributed by atoms with Gasteiger partial charge < -0.3 is 33.7 Å². The van der Waals surface area contributed by atoms with Crippen molar-refractivity contribution in [1.29, 1.82) is 0 Å². The van der Waals surface area contributed by atoms with Gasteiger partial charge in [-0.2, -0.15) is 4.89 Å². The maximum Gasteiger partial charge on any atom is 0.345 e.